The minimum atomic E-state index is 0.111. The van der Waals surface area contributed by atoms with Crippen molar-refractivity contribution >= 4 is 11.8 Å². The first-order valence-corrected chi connectivity index (χ1v) is 3.73. The SMILES string of the molecule is N#CC1CSCC1N. The molecule has 1 aliphatic rings. The molecule has 3 heteroatoms. The normalized spacial score (nSPS) is 37.0. The summed E-state index contributed by atoms with van der Waals surface area (Å²) >= 11 is 1.77. The summed E-state index contributed by atoms with van der Waals surface area (Å²) in [5.41, 5.74) is 5.55. The Morgan fingerprint density at radius 2 is 2.38 bits per heavy atom. The van der Waals surface area contributed by atoms with E-state index in [0.717, 1.165) is 11.5 Å². The Labute approximate surface area is 53.0 Å². The van der Waals surface area contributed by atoms with Gasteiger partial charge in [0.05, 0.1) is 12.0 Å². The van der Waals surface area contributed by atoms with Crippen LogP contribution in [0.5, 0.6) is 0 Å². The predicted molar refractivity (Wildman–Crippen MR) is 34.4 cm³/mol. The number of rotatable bonds is 0. The van der Waals surface area contributed by atoms with Crippen LogP contribution < -0.4 is 5.73 Å². The second-order valence-corrected chi connectivity index (χ2v) is 3.01. The van der Waals surface area contributed by atoms with Crippen molar-refractivity contribution in [3.8, 4) is 6.07 Å². The Balaban J connectivity index is 2.45. The second-order valence-electron chi connectivity index (χ2n) is 1.94. The number of hydrogen-bond donors (Lipinski definition) is 1. The van der Waals surface area contributed by atoms with E-state index in [9.17, 15) is 0 Å². The molecule has 0 aromatic heterocycles. The van der Waals surface area contributed by atoms with E-state index in [1.165, 1.54) is 0 Å². The van der Waals surface area contributed by atoms with Gasteiger partial charge in [0.25, 0.3) is 0 Å². The monoisotopic (exact) mass is 128 g/mol. The summed E-state index contributed by atoms with van der Waals surface area (Å²) in [6.45, 7) is 0. The Morgan fingerprint density at radius 1 is 1.62 bits per heavy atom. The molecule has 2 nitrogen and oxygen atoms in total. The summed E-state index contributed by atoms with van der Waals surface area (Å²) in [4.78, 5) is 0. The van der Waals surface area contributed by atoms with Crippen molar-refractivity contribution in [3.05, 3.63) is 0 Å². The highest BCUT2D eigenvalue weighted by Gasteiger charge is 2.23. The average molecular weight is 128 g/mol. The molecule has 0 amide bonds. The van der Waals surface area contributed by atoms with Crippen LogP contribution in [0.1, 0.15) is 0 Å². The predicted octanol–water partition coefficient (Wildman–Crippen LogP) is 0.200. The molecule has 0 radical (unpaired) electrons. The maximum atomic E-state index is 8.39. The maximum absolute atomic E-state index is 8.39. The van der Waals surface area contributed by atoms with Crippen LogP contribution >= 0.6 is 11.8 Å². The Kier molecular flexibility index (Phi) is 1.77. The Hall–Kier alpha value is -0.200. The summed E-state index contributed by atoms with van der Waals surface area (Å²) in [6, 6.07) is 2.30. The van der Waals surface area contributed by atoms with Gasteiger partial charge in [0.2, 0.25) is 0 Å². The summed E-state index contributed by atoms with van der Waals surface area (Å²) < 4.78 is 0. The largest absolute Gasteiger partial charge is 0.326 e. The van der Waals surface area contributed by atoms with E-state index in [-0.39, 0.29) is 12.0 Å². The molecule has 1 aliphatic heterocycles. The molecule has 2 unspecified atom stereocenters. The molecule has 1 fully saturated rings. The zero-order chi connectivity index (χ0) is 5.98. The molecule has 1 heterocycles. The fraction of sp³-hybridized carbons (Fsp3) is 0.800. The first-order chi connectivity index (χ1) is 3.84. The van der Waals surface area contributed by atoms with Gasteiger partial charge >= 0.3 is 0 Å². The lowest BCUT2D eigenvalue weighted by Crippen LogP contribution is -2.26. The number of nitrogens with zero attached hydrogens (tertiary/aromatic N) is 1. The summed E-state index contributed by atoms with van der Waals surface area (Å²) in [7, 11) is 0. The van der Waals surface area contributed by atoms with Crippen LogP contribution in [0.15, 0.2) is 0 Å². The van der Waals surface area contributed by atoms with E-state index in [4.69, 9.17) is 11.0 Å². The zero-order valence-electron chi connectivity index (χ0n) is 4.50. The van der Waals surface area contributed by atoms with Gasteiger partial charge in [-0.3, -0.25) is 0 Å². The fourth-order valence-corrected chi connectivity index (χ4v) is 1.92. The number of nitriles is 1. The molecule has 0 saturated carbocycles. The summed E-state index contributed by atoms with van der Waals surface area (Å²) in [5, 5.41) is 8.39. The van der Waals surface area contributed by atoms with Crippen molar-refractivity contribution < 1.29 is 0 Å². The highest BCUT2D eigenvalue weighted by atomic mass is 32.2. The molecule has 1 saturated heterocycles. The van der Waals surface area contributed by atoms with Gasteiger partial charge < -0.3 is 5.73 Å². The molecule has 0 aliphatic carbocycles. The van der Waals surface area contributed by atoms with Crippen molar-refractivity contribution in [1.82, 2.24) is 0 Å². The third kappa shape index (κ3) is 0.960. The molecular weight excluding hydrogens is 120 g/mol. The zero-order valence-corrected chi connectivity index (χ0v) is 5.32. The van der Waals surface area contributed by atoms with Gasteiger partial charge in [-0.05, 0) is 0 Å². The van der Waals surface area contributed by atoms with E-state index in [1.54, 1.807) is 11.8 Å². The quantitative estimate of drug-likeness (QED) is 0.507. The standard InChI is InChI=1S/C5H8N2S/c6-1-4-2-8-3-5(4)7/h4-5H,2-3,7H2. The second kappa shape index (κ2) is 2.38. The molecule has 8 heavy (non-hydrogen) atoms. The van der Waals surface area contributed by atoms with Crippen LogP contribution in [0.25, 0.3) is 0 Å². The first kappa shape index (κ1) is 5.93. The van der Waals surface area contributed by atoms with E-state index in [0.29, 0.717) is 0 Å². The van der Waals surface area contributed by atoms with Crippen molar-refractivity contribution in [2.75, 3.05) is 11.5 Å². The van der Waals surface area contributed by atoms with E-state index in [1.807, 2.05) is 0 Å². The van der Waals surface area contributed by atoms with Gasteiger partial charge in [0.15, 0.2) is 0 Å². The molecule has 0 spiro atoms. The van der Waals surface area contributed by atoms with Gasteiger partial charge in [-0.25, -0.2) is 0 Å². The lowest BCUT2D eigenvalue weighted by atomic mass is 10.1. The van der Waals surface area contributed by atoms with Crippen molar-refractivity contribution in [1.29, 1.82) is 5.26 Å². The van der Waals surface area contributed by atoms with Crippen LogP contribution in [0.3, 0.4) is 0 Å². The molecule has 2 N–H and O–H groups in total. The van der Waals surface area contributed by atoms with Crippen molar-refractivity contribution in [2.24, 2.45) is 11.7 Å². The third-order valence-electron chi connectivity index (χ3n) is 1.29. The number of nitrogens with two attached hydrogens (primary N) is 1. The van der Waals surface area contributed by atoms with Gasteiger partial charge in [0, 0.05) is 17.5 Å². The molecule has 1 rings (SSSR count). The summed E-state index contributed by atoms with van der Waals surface area (Å²) in [6.07, 6.45) is 0. The molecule has 44 valence electrons. The first-order valence-electron chi connectivity index (χ1n) is 2.57. The van der Waals surface area contributed by atoms with Crippen molar-refractivity contribution in [2.45, 2.75) is 6.04 Å². The molecule has 0 aromatic rings. The lowest BCUT2D eigenvalue weighted by Gasteiger charge is -2.01. The number of thioether (sulfide) groups is 1. The molecule has 0 bridgehead atoms. The average Bonchev–Trinajstić information content (AvgIpc) is 2.14. The highest BCUT2D eigenvalue weighted by Crippen LogP contribution is 2.21. The van der Waals surface area contributed by atoms with Crippen LogP contribution in [-0.4, -0.2) is 17.5 Å². The van der Waals surface area contributed by atoms with Crippen molar-refractivity contribution in [3.63, 3.8) is 0 Å². The molecule has 2 atom stereocenters. The lowest BCUT2D eigenvalue weighted by molar-refractivity contribution is 0.635. The van der Waals surface area contributed by atoms with E-state index >= 15 is 0 Å². The third-order valence-corrected chi connectivity index (χ3v) is 2.51. The van der Waals surface area contributed by atoms with Gasteiger partial charge in [-0.15, -0.1) is 0 Å². The molecular formula is C5H8N2S. The highest BCUT2D eigenvalue weighted by molar-refractivity contribution is 7.99. The van der Waals surface area contributed by atoms with E-state index in [2.05, 4.69) is 6.07 Å². The Morgan fingerprint density at radius 3 is 2.62 bits per heavy atom. The van der Waals surface area contributed by atoms with Crippen LogP contribution in [0.4, 0.5) is 0 Å². The van der Waals surface area contributed by atoms with Crippen LogP contribution in [0, 0.1) is 17.2 Å². The van der Waals surface area contributed by atoms with Gasteiger partial charge in [-0.1, -0.05) is 0 Å². The number of hydrogen-bond acceptors (Lipinski definition) is 3. The summed E-state index contributed by atoms with van der Waals surface area (Å²) in [5.74, 6) is 2.00. The van der Waals surface area contributed by atoms with Crippen LogP contribution in [0.2, 0.25) is 0 Å². The van der Waals surface area contributed by atoms with Crippen LogP contribution in [-0.2, 0) is 0 Å². The topological polar surface area (TPSA) is 49.8 Å². The van der Waals surface area contributed by atoms with Gasteiger partial charge in [-0.2, -0.15) is 17.0 Å². The van der Waals surface area contributed by atoms with E-state index < -0.39 is 0 Å². The smallest absolute Gasteiger partial charge is 0.0712 e. The minimum Gasteiger partial charge on any atom is -0.326 e. The molecule has 0 aromatic carbocycles. The van der Waals surface area contributed by atoms with Gasteiger partial charge in [0.1, 0.15) is 0 Å². The fourth-order valence-electron chi connectivity index (χ4n) is 0.704. The Bertz CT molecular complexity index is 118. The minimum absolute atomic E-state index is 0.111. The maximum Gasteiger partial charge on any atom is 0.0712 e.